The number of hydrogen-bond acceptors (Lipinski definition) is 4. The first-order chi connectivity index (χ1) is 9.79. The van der Waals surface area contributed by atoms with Crippen LogP contribution in [0.3, 0.4) is 0 Å². The molecule has 3 nitrogen and oxygen atoms in total. The van der Waals surface area contributed by atoms with Crippen LogP contribution in [-0.4, -0.2) is 9.97 Å². The minimum absolute atomic E-state index is 0.0975. The minimum Gasteiger partial charge on any atom is -0.383 e. The fourth-order valence-electron chi connectivity index (χ4n) is 1.78. The molecule has 0 atom stereocenters. The summed E-state index contributed by atoms with van der Waals surface area (Å²) in [7, 11) is 0. The number of rotatable bonds is 3. The molecule has 2 N–H and O–H groups in total. The molecule has 0 amide bonds. The van der Waals surface area contributed by atoms with E-state index in [9.17, 15) is 0 Å². The Kier molecular flexibility index (Phi) is 5.17. The third kappa shape index (κ3) is 4.11. The van der Waals surface area contributed by atoms with Crippen LogP contribution < -0.4 is 5.73 Å². The monoisotopic (exact) mass is 385 g/mol. The SMILES string of the molecule is CC(C)(C)c1nc(CSc2ccccc2Cl)nc(N)c1Br. The fourth-order valence-corrected chi connectivity index (χ4v) is 3.64. The topological polar surface area (TPSA) is 51.8 Å². The summed E-state index contributed by atoms with van der Waals surface area (Å²) in [4.78, 5) is 10.0. The van der Waals surface area contributed by atoms with E-state index in [1.165, 1.54) is 0 Å². The van der Waals surface area contributed by atoms with E-state index in [0.29, 0.717) is 17.4 Å². The maximum absolute atomic E-state index is 6.16. The molecule has 0 aliphatic heterocycles. The molecule has 0 aliphatic rings. The summed E-state index contributed by atoms with van der Waals surface area (Å²) in [6.07, 6.45) is 0. The molecule has 0 saturated carbocycles. The van der Waals surface area contributed by atoms with Crippen LogP contribution in [0, 0.1) is 0 Å². The molecule has 112 valence electrons. The lowest BCUT2D eigenvalue weighted by Crippen LogP contribution is -2.17. The Labute approximate surface area is 142 Å². The van der Waals surface area contributed by atoms with Gasteiger partial charge in [-0.25, -0.2) is 9.97 Å². The van der Waals surface area contributed by atoms with Gasteiger partial charge in [0, 0.05) is 10.3 Å². The summed E-state index contributed by atoms with van der Waals surface area (Å²) < 4.78 is 0.779. The number of benzene rings is 1. The predicted octanol–water partition coefficient (Wildman–Crippen LogP) is 5.06. The summed E-state index contributed by atoms with van der Waals surface area (Å²) in [6.45, 7) is 6.31. The molecule has 1 aromatic carbocycles. The Balaban J connectivity index is 2.26. The molecule has 6 heteroatoms. The lowest BCUT2D eigenvalue weighted by atomic mass is 9.92. The summed E-state index contributed by atoms with van der Waals surface area (Å²) >= 11 is 11.2. The zero-order valence-electron chi connectivity index (χ0n) is 12.2. The van der Waals surface area contributed by atoms with Gasteiger partial charge in [-0.2, -0.15) is 0 Å². The molecular weight excluding hydrogens is 370 g/mol. The molecule has 1 heterocycles. The van der Waals surface area contributed by atoms with Gasteiger partial charge in [-0.3, -0.25) is 0 Å². The quantitative estimate of drug-likeness (QED) is 0.749. The number of anilines is 1. The predicted molar refractivity (Wildman–Crippen MR) is 93.9 cm³/mol. The number of thioether (sulfide) groups is 1. The van der Waals surface area contributed by atoms with Crippen molar-refractivity contribution in [1.82, 2.24) is 9.97 Å². The highest BCUT2D eigenvalue weighted by molar-refractivity contribution is 9.10. The number of hydrogen-bond donors (Lipinski definition) is 1. The Morgan fingerprint density at radius 2 is 1.90 bits per heavy atom. The van der Waals surface area contributed by atoms with E-state index < -0.39 is 0 Å². The van der Waals surface area contributed by atoms with E-state index in [1.807, 2.05) is 24.3 Å². The van der Waals surface area contributed by atoms with E-state index in [-0.39, 0.29) is 5.41 Å². The first-order valence-electron chi connectivity index (χ1n) is 6.48. The Hall–Kier alpha value is -0.780. The van der Waals surface area contributed by atoms with Crippen LogP contribution in [0.5, 0.6) is 0 Å². The van der Waals surface area contributed by atoms with E-state index in [2.05, 4.69) is 46.7 Å². The van der Waals surface area contributed by atoms with E-state index in [0.717, 1.165) is 20.1 Å². The van der Waals surface area contributed by atoms with Crippen LogP contribution in [0.1, 0.15) is 32.3 Å². The number of nitrogen functional groups attached to an aromatic ring is 1. The molecule has 0 unspecified atom stereocenters. The van der Waals surface area contributed by atoms with Crippen molar-refractivity contribution in [3.63, 3.8) is 0 Å². The Bertz CT molecular complexity index is 656. The lowest BCUT2D eigenvalue weighted by Gasteiger charge is -2.20. The van der Waals surface area contributed by atoms with Gasteiger partial charge in [-0.05, 0) is 28.1 Å². The van der Waals surface area contributed by atoms with Crippen LogP contribution >= 0.6 is 39.3 Å². The summed E-state index contributed by atoms with van der Waals surface area (Å²) in [6, 6.07) is 7.74. The zero-order chi connectivity index (χ0) is 15.6. The number of nitrogens with zero attached hydrogens (tertiary/aromatic N) is 2. The van der Waals surface area contributed by atoms with Gasteiger partial charge in [0.2, 0.25) is 0 Å². The molecule has 0 fully saturated rings. The molecular formula is C15H17BrClN3S. The lowest BCUT2D eigenvalue weighted by molar-refractivity contribution is 0.561. The van der Waals surface area contributed by atoms with Crippen molar-refractivity contribution in [3.8, 4) is 0 Å². The van der Waals surface area contributed by atoms with E-state index in [4.69, 9.17) is 17.3 Å². The number of halogens is 2. The molecule has 0 bridgehead atoms. The van der Waals surface area contributed by atoms with Gasteiger partial charge in [-0.1, -0.05) is 44.5 Å². The Morgan fingerprint density at radius 1 is 1.24 bits per heavy atom. The summed E-state index contributed by atoms with van der Waals surface area (Å²) in [5.41, 5.74) is 6.81. The van der Waals surface area contributed by atoms with Crippen LogP contribution in [0.4, 0.5) is 5.82 Å². The van der Waals surface area contributed by atoms with Crippen molar-refractivity contribution in [2.24, 2.45) is 0 Å². The third-order valence-electron chi connectivity index (χ3n) is 2.83. The zero-order valence-corrected chi connectivity index (χ0v) is 15.3. The molecule has 2 aromatic rings. The molecule has 2 rings (SSSR count). The van der Waals surface area contributed by atoms with Crippen molar-refractivity contribution in [2.45, 2.75) is 36.8 Å². The highest BCUT2D eigenvalue weighted by Crippen LogP contribution is 2.33. The van der Waals surface area contributed by atoms with Gasteiger partial charge < -0.3 is 5.73 Å². The van der Waals surface area contributed by atoms with E-state index >= 15 is 0 Å². The van der Waals surface area contributed by atoms with Crippen LogP contribution in [0.15, 0.2) is 33.6 Å². The molecule has 0 radical (unpaired) electrons. The highest BCUT2D eigenvalue weighted by Gasteiger charge is 2.22. The normalized spacial score (nSPS) is 11.7. The highest BCUT2D eigenvalue weighted by atomic mass is 79.9. The first kappa shape index (κ1) is 16.6. The molecule has 1 aromatic heterocycles. The number of nitrogens with two attached hydrogens (primary N) is 1. The summed E-state index contributed by atoms with van der Waals surface area (Å²) in [5, 5.41) is 0.739. The van der Waals surface area contributed by atoms with Gasteiger partial charge in [0.1, 0.15) is 11.6 Å². The van der Waals surface area contributed by atoms with Crippen molar-refractivity contribution in [3.05, 3.63) is 45.3 Å². The van der Waals surface area contributed by atoms with Crippen LogP contribution in [0.25, 0.3) is 0 Å². The maximum atomic E-state index is 6.16. The van der Waals surface area contributed by atoms with Crippen molar-refractivity contribution in [2.75, 3.05) is 5.73 Å². The van der Waals surface area contributed by atoms with Gasteiger partial charge in [0.05, 0.1) is 20.9 Å². The van der Waals surface area contributed by atoms with Crippen molar-refractivity contribution in [1.29, 1.82) is 0 Å². The maximum Gasteiger partial charge on any atom is 0.141 e. The van der Waals surface area contributed by atoms with Gasteiger partial charge in [0.15, 0.2) is 0 Å². The second-order valence-corrected chi connectivity index (χ2v) is 7.87. The van der Waals surface area contributed by atoms with Gasteiger partial charge in [-0.15, -0.1) is 11.8 Å². The smallest absolute Gasteiger partial charge is 0.141 e. The fraction of sp³-hybridized carbons (Fsp3) is 0.333. The van der Waals surface area contributed by atoms with Crippen molar-refractivity contribution >= 4 is 45.1 Å². The third-order valence-corrected chi connectivity index (χ3v) is 5.12. The molecule has 0 saturated heterocycles. The second-order valence-electron chi connectivity index (χ2n) is 5.66. The average molecular weight is 387 g/mol. The van der Waals surface area contributed by atoms with Crippen LogP contribution in [0.2, 0.25) is 5.02 Å². The minimum atomic E-state index is -0.0975. The van der Waals surface area contributed by atoms with Crippen LogP contribution in [-0.2, 0) is 11.2 Å². The first-order valence-corrected chi connectivity index (χ1v) is 8.64. The average Bonchev–Trinajstić information content (AvgIpc) is 2.40. The second kappa shape index (κ2) is 6.55. The van der Waals surface area contributed by atoms with Crippen molar-refractivity contribution < 1.29 is 0 Å². The Morgan fingerprint density at radius 3 is 2.52 bits per heavy atom. The molecule has 0 spiro atoms. The van der Waals surface area contributed by atoms with E-state index in [1.54, 1.807) is 11.8 Å². The standard InChI is InChI=1S/C15H17BrClN3S/c1-15(2,3)13-12(16)14(18)20-11(19-13)8-21-10-7-5-4-6-9(10)17/h4-7H,8H2,1-3H3,(H2,18,19,20). The van der Waals surface area contributed by atoms with Gasteiger partial charge in [0.25, 0.3) is 0 Å². The summed E-state index contributed by atoms with van der Waals surface area (Å²) in [5.74, 6) is 1.82. The largest absolute Gasteiger partial charge is 0.383 e. The van der Waals surface area contributed by atoms with Gasteiger partial charge >= 0.3 is 0 Å². The number of aromatic nitrogens is 2. The molecule has 21 heavy (non-hydrogen) atoms. The molecule has 0 aliphatic carbocycles.